The first-order valence-electron chi connectivity index (χ1n) is 10.4. The van der Waals surface area contributed by atoms with Crippen molar-refractivity contribution in [1.29, 1.82) is 0 Å². The molecule has 0 aliphatic heterocycles. The van der Waals surface area contributed by atoms with Crippen LogP contribution in [0.15, 0.2) is 0 Å². The van der Waals surface area contributed by atoms with Crippen LogP contribution >= 0.6 is 0 Å². The molecule has 0 radical (unpaired) electrons. The van der Waals surface area contributed by atoms with Gasteiger partial charge in [0.1, 0.15) is 0 Å². The number of hydrogen-bond donors (Lipinski definition) is 0. The molecule has 0 aromatic heterocycles. The summed E-state index contributed by atoms with van der Waals surface area (Å²) < 4.78 is 5.59. The SMILES string of the molecule is CCCCCCCCCCCCCC(C)OC(=O)C1CCCC1. The van der Waals surface area contributed by atoms with Gasteiger partial charge in [0.2, 0.25) is 0 Å². The van der Waals surface area contributed by atoms with E-state index in [1.807, 2.05) is 0 Å². The van der Waals surface area contributed by atoms with Crippen LogP contribution in [-0.4, -0.2) is 12.1 Å². The highest BCUT2D eigenvalue weighted by Crippen LogP contribution is 2.26. The van der Waals surface area contributed by atoms with Crippen molar-refractivity contribution >= 4 is 5.97 Å². The zero-order chi connectivity index (χ0) is 16.8. The molecule has 0 aromatic rings. The number of ether oxygens (including phenoxy) is 1. The minimum absolute atomic E-state index is 0.0677. The third-order valence-electron chi connectivity index (χ3n) is 5.22. The molecule has 0 aromatic carbocycles. The number of esters is 1. The molecule has 0 N–H and O–H groups in total. The van der Waals surface area contributed by atoms with Gasteiger partial charge < -0.3 is 4.74 Å². The van der Waals surface area contributed by atoms with Crippen LogP contribution in [0.25, 0.3) is 0 Å². The van der Waals surface area contributed by atoms with Gasteiger partial charge in [-0.15, -0.1) is 0 Å². The molecule has 0 amide bonds. The minimum Gasteiger partial charge on any atom is -0.462 e. The van der Waals surface area contributed by atoms with Gasteiger partial charge in [0, 0.05) is 0 Å². The van der Waals surface area contributed by atoms with E-state index < -0.39 is 0 Å². The second-order valence-electron chi connectivity index (χ2n) is 7.55. The Morgan fingerprint density at radius 2 is 1.35 bits per heavy atom. The molecule has 23 heavy (non-hydrogen) atoms. The van der Waals surface area contributed by atoms with Crippen molar-refractivity contribution in [1.82, 2.24) is 0 Å². The van der Waals surface area contributed by atoms with E-state index in [1.165, 1.54) is 83.5 Å². The van der Waals surface area contributed by atoms with Crippen molar-refractivity contribution < 1.29 is 9.53 Å². The van der Waals surface area contributed by atoms with Crippen molar-refractivity contribution in [2.45, 2.75) is 123 Å². The predicted molar refractivity (Wildman–Crippen MR) is 98.6 cm³/mol. The Hall–Kier alpha value is -0.530. The van der Waals surface area contributed by atoms with E-state index in [1.54, 1.807) is 0 Å². The van der Waals surface area contributed by atoms with Crippen LogP contribution in [0.2, 0.25) is 0 Å². The van der Waals surface area contributed by atoms with Crippen molar-refractivity contribution in [2.75, 3.05) is 0 Å². The lowest BCUT2D eigenvalue weighted by Crippen LogP contribution is -2.20. The van der Waals surface area contributed by atoms with Crippen LogP contribution in [0.4, 0.5) is 0 Å². The standard InChI is InChI=1S/C21H40O2/c1-3-4-5-6-7-8-9-10-11-12-13-16-19(2)23-21(22)20-17-14-15-18-20/h19-20H,3-18H2,1-2H3. The lowest BCUT2D eigenvalue weighted by atomic mass is 10.0. The Morgan fingerprint density at radius 1 is 0.870 bits per heavy atom. The van der Waals surface area contributed by atoms with Crippen LogP contribution in [0.3, 0.4) is 0 Å². The highest BCUT2D eigenvalue weighted by molar-refractivity contribution is 5.72. The molecule has 1 aliphatic rings. The van der Waals surface area contributed by atoms with Gasteiger partial charge in [0.25, 0.3) is 0 Å². The lowest BCUT2D eigenvalue weighted by Gasteiger charge is -2.16. The maximum absolute atomic E-state index is 11.9. The van der Waals surface area contributed by atoms with E-state index in [-0.39, 0.29) is 18.0 Å². The fourth-order valence-electron chi connectivity index (χ4n) is 3.61. The third kappa shape index (κ3) is 10.8. The van der Waals surface area contributed by atoms with Gasteiger partial charge in [-0.2, -0.15) is 0 Å². The summed E-state index contributed by atoms with van der Waals surface area (Å²) in [5.41, 5.74) is 0. The highest BCUT2D eigenvalue weighted by Gasteiger charge is 2.25. The van der Waals surface area contributed by atoms with E-state index >= 15 is 0 Å². The second-order valence-corrected chi connectivity index (χ2v) is 7.55. The average molecular weight is 325 g/mol. The first-order valence-corrected chi connectivity index (χ1v) is 10.4. The zero-order valence-corrected chi connectivity index (χ0v) is 15.8. The Bertz CT molecular complexity index is 282. The normalized spacial score (nSPS) is 16.6. The molecule has 0 saturated heterocycles. The van der Waals surface area contributed by atoms with Crippen molar-refractivity contribution in [2.24, 2.45) is 5.92 Å². The summed E-state index contributed by atoms with van der Waals surface area (Å²) >= 11 is 0. The molecule has 1 saturated carbocycles. The minimum atomic E-state index is 0.0677. The largest absolute Gasteiger partial charge is 0.462 e. The molecule has 1 atom stereocenters. The van der Waals surface area contributed by atoms with Gasteiger partial charge in [0.05, 0.1) is 12.0 Å². The number of unbranched alkanes of at least 4 members (excludes halogenated alkanes) is 10. The molecule has 0 heterocycles. The van der Waals surface area contributed by atoms with E-state index in [9.17, 15) is 4.79 Å². The Kier molecular flexibility index (Phi) is 12.4. The van der Waals surface area contributed by atoms with E-state index in [2.05, 4.69) is 13.8 Å². The van der Waals surface area contributed by atoms with Gasteiger partial charge in [-0.25, -0.2) is 0 Å². The average Bonchev–Trinajstić information content (AvgIpc) is 3.07. The van der Waals surface area contributed by atoms with Crippen LogP contribution < -0.4 is 0 Å². The topological polar surface area (TPSA) is 26.3 Å². The Labute approximate surface area is 144 Å². The number of rotatable bonds is 14. The summed E-state index contributed by atoms with van der Waals surface area (Å²) in [6.45, 7) is 4.33. The molecule has 0 spiro atoms. The molecule has 136 valence electrons. The molecule has 1 unspecified atom stereocenters. The smallest absolute Gasteiger partial charge is 0.309 e. The van der Waals surface area contributed by atoms with E-state index in [4.69, 9.17) is 4.74 Å². The molecular formula is C21H40O2. The van der Waals surface area contributed by atoms with Crippen molar-refractivity contribution in [3.05, 3.63) is 0 Å². The molecule has 2 heteroatoms. The Morgan fingerprint density at radius 3 is 1.87 bits per heavy atom. The fraction of sp³-hybridized carbons (Fsp3) is 0.952. The molecular weight excluding hydrogens is 284 g/mol. The maximum atomic E-state index is 11.9. The van der Waals surface area contributed by atoms with Crippen LogP contribution in [-0.2, 0) is 9.53 Å². The number of hydrogen-bond acceptors (Lipinski definition) is 2. The van der Waals surface area contributed by atoms with Crippen LogP contribution in [0, 0.1) is 5.92 Å². The molecule has 1 rings (SSSR count). The molecule has 2 nitrogen and oxygen atoms in total. The summed E-state index contributed by atoms with van der Waals surface area (Å²) in [5.74, 6) is 0.271. The molecule has 0 bridgehead atoms. The summed E-state index contributed by atoms with van der Waals surface area (Å²) in [7, 11) is 0. The quantitative estimate of drug-likeness (QED) is 0.259. The van der Waals surface area contributed by atoms with Crippen molar-refractivity contribution in [3.63, 3.8) is 0 Å². The van der Waals surface area contributed by atoms with Gasteiger partial charge in [-0.3, -0.25) is 4.79 Å². The van der Waals surface area contributed by atoms with Gasteiger partial charge in [0.15, 0.2) is 0 Å². The van der Waals surface area contributed by atoms with E-state index in [0.717, 1.165) is 19.3 Å². The third-order valence-corrected chi connectivity index (χ3v) is 5.22. The monoisotopic (exact) mass is 324 g/mol. The Balaban J connectivity index is 1.83. The molecule has 1 aliphatic carbocycles. The summed E-state index contributed by atoms with van der Waals surface area (Å²) in [6, 6.07) is 0. The van der Waals surface area contributed by atoms with E-state index in [0.29, 0.717) is 0 Å². The first kappa shape index (κ1) is 20.5. The van der Waals surface area contributed by atoms with Gasteiger partial charge >= 0.3 is 5.97 Å². The molecule has 1 fully saturated rings. The van der Waals surface area contributed by atoms with Gasteiger partial charge in [-0.1, -0.05) is 84.0 Å². The number of carbonyl (C=O) groups is 1. The van der Waals surface area contributed by atoms with Crippen LogP contribution in [0.1, 0.15) is 117 Å². The summed E-state index contributed by atoms with van der Waals surface area (Å²) in [5, 5.41) is 0. The summed E-state index contributed by atoms with van der Waals surface area (Å²) in [6.07, 6.45) is 20.7. The number of carbonyl (C=O) groups excluding carboxylic acids is 1. The highest BCUT2D eigenvalue weighted by atomic mass is 16.5. The van der Waals surface area contributed by atoms with Crippen LogP contribution in [0.5, 0.6) is 0 Å². The first-order chi connectivity index (χ1) is 11.2. The van der Waals surface area contributed by atoms with Crippen molar-refractivity contribution in [3.8, 4) is 0 Å². The maximum Gasteiger partial charge on any atom is 0.309 e. The summed E-state index contributed by atoms with van der Waals surface area (Å²) in [4.78, 5) is 11.9. The second kappa shape index (κ2) is 13.9. The van der Waals surface area contributed by atoms with Gasteiger partial charge in [-0.05, 0) is 32.6 Å². The lowest BCUT2D eigenvalue weighted by molar-refractivity contribution is -0.153. The predicted octanol–water partition coefficient (Wildman–Crippen LogP) is 6.81. The zero-order valence-electron chi connectivity index (χ0n) is 15.8. The fourth-order valence-corrected chi connectivity index (χ4v) is 3.61.